The molecule has 2 heterocycles. The third-order valence-corrected chi connectivity index (χ3v) is 4.51. The second-order valence-corrected chi connectivity index (χ2v) is 6.41. The largest absolute Gasteiger partial charge is 0.492 e. The molecule has 1 N–H and O–H groups in total. The van der Waals surface area contributed by atoms with Gasteiger partial charge in [-0.2, -0.15) is 4.98 Å². The molecule has 27 heavy (non-hydrogen) atoms. The van der Waals surface area contributed by atoms with Crippen molar-refractivity contribution in [3.8, 4) is 5.75 Å². The summed E-state index contributed by atoms with van der Waals surface area (Å²) in [7, 11) is 0. The van der Waals surface area contributed by atoms with E-state index in [1.807, 2.05) is 30.0 Å². The first kappa shape index (κ1) is 19.2. The van der Waals surface area contributed by atoms with Crippen molar-refractivity contribution in [3.05, 3.63) is 35.5 Å². The highest BCUT2D eigenvalue weighted by Crippen LogP contribution is 2.33. The standard InChI is InChI=1S/C18H21ClFN5O2/c1-3-27-16-10-13(25-8-6-24(7-9-25)12(2)26)4-5-15(16)22-17-14(20)11-21-18(19)23-17/h4-5,10-11H,3,6-9H2,1-2H3,(H,21,22,23). The molecule has 0 aliphatic carbocycles. The normalized spacial score (nSPS) is 14.2. The van der Waals surface area contributed by atoms with E-state index >= 15 is 0 Å². The lowest BCUT2D eigenvalue weighted by atomic mass is 10.2. The highest BCUT2D eigenvalue weighted by molar-refractivity contribution is 6.28. The van der Waals surface area contributed by atoms with Gasteiger partial charge in [0, 0.05) is 44.9 Å². The quantitative estimate of drug-likeness (QED) is 0.787. The molecule has 1 aromatic carbocycles. The van der Waals surface area contributed by atoms with Gasteiger partial charge in [-0.3, -0.25) is 4.79 Å². The highest BCUT2D eigenvalue weighted by atomic mass is 35.5. The fourth-order valence-corrected chi connectivity index (χ4v) is 3.06. The van der Waals surface area contributed by atoms with Crippen molar-refractivity contribution >= 4 is 34.7 Å². The number of halogens is 2. The van der Waals surface area contributed by atoms with E-state index in [0.29, 0.717) is 31.1 Å². The number of piperazine rings is 1. The van der Waals surface area contributed by atoms with Crippen LogP contribution in [0.3, 0.4) is 0 Å². The van der Waals surface area contributed by atoms with Gasteiger partial charge in [-0.15, -0.1) is 0 Å². The number of amides is 1. The number of hydrogen-bond donors (Lipinski definition) is 1. The Bertz CT molecular complexity index is 827. The molecular formula is C18H21ClFN5O2. The Morgan fingerprint density at radius 3 is 2.74 bits per heavy atom. The summed E-state index contributed by atoms with van der Waals surface area (Å²) in [4.78, 5) is 23.0. The lowest BCUT2D eigenvalue weighted by Crippen LogP contribution is -2.48. The Morgan fingerprint density at radius 1 is 1.33 bits per heavy atom. The van der Waals surface area contributed by atoms with E-state index in [4.69, 9.17) is 16.3 Å². The number of ether oxygens (including phenoxy) is 1. The van der Waals surface area contributed by atoms with Gasteiger partial charge in [0.05, 0.1) is 18.5 Å². The van der Waals surface area contributed by atoms with Crippen LogP contribution in [0.4, 0.5) is 21.6 Å². The third kappa shape index (κ3) is 4.57. The maximum Gasteiger partial charge on any atom is 0.224 e. The number of anilines is 3. The lowest BCUT2D eigenvalue weighted by Gasteiger charge is -2.35. The molecule has 1 aromatic heterocycles. The van der Waals surface area contributed by atoms with E-state index in [1.165, 1.54) is 0 Å². The van der Waals surface area contributed by atoms with Crippen LogP contribution >= 0.6 is 11.6 Å². The summed E-state index contributed by atoms with van der Waals surface area (Å²) >= 11 is 5.75. The van der Waals surface area contributed by atoms with E-state index in [0.717, 1.165) is 25.0 Å². The van der Waals surface area contributed by atoms with Crippen LogP contribution in [0.15, 0.2) is 24.4 Å². The highest BCUT2D eigenvalue weighted by Gasteiger charge is 2.20. The van der Waals surface area contributed by atoms with Gasteiger partial charge < -0.3 is 19.9 Å². The smallest absolute Gasteiger partial charge is 0.224 e. The average Bonchev–Trinajstić information content (AvgIpc) is 2.66. The predicted molar refractivity (Wildman–Crippen MR) is 102 cm³/mol. The summed E-state index contributed by atoms with van der Waals surface area (Å²) in [5.41, 5.74) is 1.56. The molecule has 9 heteroatoms. The molecule has 7 nitrogen and oxygen atoms in total. The summed E-state index contributed by atoms with van der Waals surface area (Å²) in [6, 6.07) is 5.64. The van der Waals surface area contributed by atoms with Gasteiger partial charge >= 0.3 is 0 Å². The zero-order chi connectivity index (χ0) is 19.4. The van der Waals surface area contributed by atoms with Crippen LogP contribution in [-0.2, 0) is 4.79 Å². The lowest BCUT2D eigenvalue weighted by molar-refractivity contribution is -0.129. The van der Waals surface area contributed by atoms with Gasteiger partial charge in [0.25, 0.3) is 0 Å². The minimum Gasteiger partial charge on any atom is -0.492 e. The number of benzene rings is 1. The summed E-state index contributed by atoms with van der Waals surface area (Å²) in [6.45, 7) is 6.78. The Hall–Kier alpha value is -2.61. The average molecular weight is 394 g/mol. The number of nitrogens with zero attached hydrogens (tertiary/aromatic N) is 4. The fourth-order valence-electron chi connectivity index (χ4n) is 2.93. The first-order valence-electron chi connectivity index (χ1n) is 8.70. The molecule has 0 radical (unpaired) electrons. The van der Waals surface area contributed by atoms with Crippen LogP contribution in [0.5, 0.6) is 5.75 Å². The molecule has 0 bridgehead atoms. The molecule has 1 amide bonds. The summed E-state index contributed by atoms with van der Waals surface area (Å²) in [5, 5.41) is 2.87. The van der Waals surface area contributed by atoms with Gasteiger partial charge in [-0.1, -0.05) is 0 Å². The molecular weight excluding hydrogens is 373 g/mol. The monoisotopic (exact) mass is 393 g/mol. The number of nitrogens with one attached hydrogen (secondary N) is 1. The van der Waals surface area contributed by atoms with E-state index in [9.17, 15) is 9.18 Å². The Labute approximate surface area is 162 Å². The van der Waals surface area contributed by atoms with E-state index < -0.39 is 5.82 Å². The maximum absolute atomic E-state index is 13.9. The summed E-state index contributed by atoms with van der Waals surface area (Å²) in [6.07, 6.45) is 1.01. The minimum absolute atomic E-state index is 0.0150. The SMILES string of the molecule is CCOc1cc(N2CCN(C(C)=O)CC2)ccc1Nc1nc(Cl)ncc1F. The van der Waals surface area contributed by atoms with Gasteiger partial charge in [-0.05, 0) is 30.7 Å². The van der Waals surface area contributed by atoms with Gasteiger partial charge in [-0.25, -0.2) is 9.37 Å². The van der Waals surface area contributed by atoms with Gasteiger partial charge in [0.15, 0.2) is 11.6 Å². The van der Waals surface area contributed by atoms with Crippen LogP contribution in [0.2, 0.25) is 5.28 Å². The predicted octanol–water partition coefficient (Wildman–Crippen LogP) is 3.08. The molecule has 3 rings (SSSR count). The van der Waals surface area contributed by atoms with Crippen molar-refractivity contribution in [2.75, 3.05) is 43.0 Å². The van der Waals surface area contributed by atoms with Crippen molar-refractivity contribution < 1.29 is 13.9 Å². The van der Waals surface area contributed by atoms with E-state index in [1.54, 1.807) is 6.92 Å². The molecule has 1 aliphatic heterocycles. The molecule has 1 saturated heterocycles. The Kier molecular flexibility index (Phi) is 5.95. The van der Waals surface area contributed by atoms with Crippen molar-refractivity contribution in [2.45, 2.75) is 13.8 Å². The molecule has 0 spiro atoms. The second-order valence-electron chi connectivity index (χ2n) is 6.07. The molecule has 0 saturated carbocycles. The molecule has 0 unspecified atom stereocenters. The Morgan fingerprint density at radius 2 is 2.07 bits per heavy atom. The van der Waals surface area contributed by atoms with Crippen molar-refractivity contribution in [1.82, 2.24) is 14.9 Å². The molecule has 2 aromatic rings. The maximum atomic E-state index is 13.9. The first-order valence-corrected chi connectivity index (χ1v) is 9.08. The van der Waals surface area contributed by atoms with Crippen molar-refractivity contribution in [2.24, 2.45) is 0 Å². The third-order valence-electron chi connectivity index (χ3n) is 4.32. The Balaban J connectivity index is 1.80. The van der Waals surface area contributed by atoms with Crippen molar-refractivity contribution in [1.29, 1.82) is 0 Å². The summed E-state index contributed by atoms with van der Waals surface area (Å²) in [5.74, 6) is 0.0536. The van der Waals surface area contributed by atoms with Crippen molar-refractivity contribution in [3.63, 3.8) is 0 Å². The molecule has 1 fully saturated rings. The first-order chi connectivity index (χ1) is 13.0. The van der Waals surface area contributed by atoms with Crippen LogP contribution in [0.1, 0.15) is 13.8 Å². The second kappa shape index (κ2) is 8.39. The molecule has 1 aliphatic rings. The van der Waals surface area contributed by atoms with Crippen LogP contribution < -0.4 is 15.0 Å². The summed E-state index contributed by atoms with van der Waals surface area (Å²) < 4.78 is 19.6. The van der Waals surface area contributed by atoms with Gasteiger partial charge in [0.1, 0.15) is 5.75 Å². The van der Waals surface area contributed by atoms with Crippen LogP contribution in [0, 0.1) is 5.82 Å². The van der Waals surface area contributed by atoms with Gasteiger partial charge in [0.2, 0.25) is 11.2 Å². The van der Waals surface area contributed by atoms with Crippen LogP contribution in [0.25, 0.3) is 0 Å². The molecule has 144 valence electrons. The zero-order valence-electron chi connectivity index (χ0n) is 15.2. The van der Waals surface area contributed by atoms with Crippen LogP contribution in [-0.4, -0.2) is 53.6 Å². The number of carbonyl (C=O) groups is 1. The van der Waals surface area contributed by atoms with E-state index in [-0.39, 0.29) is 17.0 Å². The minimum atomic E-state index is -0.605. The number of aromatic nitrogens is 2. The topological polar surface area (TPSA) is 70.6 Å². The number of rotatable bonds is 5. The number of hydrogen-bond acceptors (Lipinski definition) is 6. The molecule has 0 atom stereocenters. The zero-order valence-corrected chi connectivity index (χ0v) is 16.0. The fraction of sp³-hybridized carbons (Fsp3) is 0.389. The number of carbonyl (C=O) groups excluding carboxylic acids is 1. The van der Waals surface area contributed by atoms with E-state index in [2.05, 4.69) is 20.2 Å².